The third kappa shape index (κ3) is 3.66. The molecule has 2 heterocycles. The van der Waals surface area contributed by atoms with Crippen molar-refractivity contribution < 1.29 is 19.0 Å². The molecule has 1 N–H and O–H groups in total. The minimum Gasteiger partial charge on any atom is -0.487 e. The lowest BCUT2D eigenvalue weighted by Crippen LogP contribution is -2.44. The van der Waals surface area contributed by atoms with Crippen molar-refractivity contribution >= 4 is 5.91 Å². The van der Waals surface area contributed by atoms with Crippen molar-refractivity contribution in [2.75, 3.05) is 6.79 Å². The summed E-state index contributed by atoms with van der Waals surface area (Å²) in [6.07, 6.45) is 3.74. The molecule has 4 rings (SSSR count). The van der Waals surface area contributed by atoms with Gasteiger partial charge in [0.15, 0.2) is 11.5 Å². The molecular weight excluding hydrogens is 354 g/mol. The van der Waals surface area contributed by atoms with Gasteiger partial charge in [-0.15, -0.1) is 0 Å². The van der Waals surface area contributed by atoms with Crippen LogP contribution in [0.15, 0.2) is 42.5 Å². The lowest BCUT2D eigenvalue weighted by molar-refractivity contribution is -0.122. The highest BCUT2D eigenvalue weighted by atomic mass is 16.7. The molecule has 2 aliphatic heterocycles. The Morgan fingerprint density at radius 1 is 1.07 bits per heavy atom. The Labute approximate surface area is 166 Å². The predicted octanol–water partition coefficient (Wildman–Crippen LogP) is 4.55. The van der Waals surface area contributed by atoms with Crippen molar-refractivity contribution in [2.24, 2.45) is 0 Å². The molecule has 0 aromatic heterocycles. The highest BCUT2D eigenvalue weighted by Crippen LogP contribution is 2.42. The van der Waals surface area contributed by atoms with Crippen molar-refractivity contribution in [1.29, 1.82) is 0 Å². The molecule has 0 spiro atoms. The topological polar surface area (TPSA) is 56.8 Å². The van der Waals surface area contributed by atoms with Gasteiger partial charge in [-0.05, 0) is 43.0 Å². The largest absolute Gasteiger partial charge is 0.487 e. The number of carbonyl (C=O) groups is 1. The molecule has 1 unspecified atom stereocenters. The molecule has 28 heavy (non-hydrogen) atoms. The third-order valence-corrected chi connectivity index (χ3v) is 5.90. The van der Waals surface area contributed by atoms with E-state index in [0.717, 1.165) is 47.6 Å². The molecule has 0 saturated carbocycles. The summed E-state index contributed by atoms with van der Waals surface area (Å²) in [4.78, 5) is 12.7. The van der Waals surface area contributed by atoms with Crippen molar-refractivity contribution in [2.45, 2.75) is 57.6 Å². The summed E-state index contributed by atoms with van der Waals surface area (Å²) in [6.45, 7) is 4.56. The second-order valence-corrected chi connectivity index (χ2v) is 7.54. The number of hydrogen-bond acceptors (Lipinski definition) is 4. The lowest BCUT2D eigenvalue weighted by Gasteiger charge is -2.41. The van der Waals surface area contributed by atoms with Crippen LogP contribution in [0.1, 0.15) is 56.7 Å². The van der Waals surface area contributed by atoms with Crippen molar-refractivity contribution in [3.63, 3.8) is 0 Å². The van der Waals surface area contributed by atoms with E-state index < -0.39 is 0 Å². The quantitative estimate of drug-likeness (QED) is 0.798. The zero-order chi connectivity index (χ0) is 19.6. The molecule has 5 heteroatoms. The minimum atomic E-state index is -0.219. The number of amides is 1. The van der Waals surface area contributed by atoms with Crippen LogP contribution in [0.25, 0.3) is 0 Å². The van der Waals surface area contributed by atoms with Crippen LogP contribution < -0.4 is 19.5 Å². The number of carbonyl (C=O) groups excluding carboxylic acids is 1. The number of benzene rings is 2. The third-order valence-electron chi connectivity index (χ3n) is 5.90. The molecule has 0 bridgehead atoms. The maximum Gasteiger partial charge on any atom is 0.231 e. The van der Waals surface area contributed by atoms with Crippen LogP contribution in [-0.2, 0) is 11.2 Å². The number of nitrogens with one attached hydrogen (secondary N) is 1. The SMILES string of the molecule is CCC1(CC)CC(NC(=O)CCc2ccc3c(c2)OCO3)c2ccccc2O1. The summed E-state index contributed by atoms with van der Waals surface area (Å²) in [6, 6.07) is 13.9. The average Bonchev–Trinajstić information content (AvgIpc) is 3.20. The fourth-order valence-corrected chi connectivity index (χ4v) is 4.05. The lowest BCUT2D eigenvalue weighted by atomic mass is 9.83. The van der Waals surface area contributed by atoms with E-state index in [9.17, 15) is 4.79 Å². The zero-order valence-corrected chi connectivity index (χ0v) is 16.5. The molecule has 1 amide bonds. The maximum absolute atomic E-state index is 12.7. The Balaban J connectivity index is 1.43. The molecule has 5 nitrogen and oxygen atoms in total. The van der Waals surface area contributed by atoms with Crippen molar-refractivity contribution in [3.8, 4) is 17.2 Å². The van der Waals surface area contributed by atoms with Crippen LogP contribution in [0.5, 0.6) is 17.2 Å². The molecule has 2 aliphatic rings. The summed E-state index contributed by atoms with van der Waals surface area (Å²) in [5.74, 6) is 2.47. The first-order valence-electron chi connectivity index (χ1n) is 10.1. The monoisotopic (exact) mass is 381 g/mol. The number of hydrogen-bond donors (Lipinski definition) is 1. The normalized spacial score (nSPS) is 18.9. The molecule has 0 fully saturated rings. The molecule has 1 atom stereocenters. The number of aryl methyl sites for hydroxylation is 1. The Hall–Kier alpha value is -2.69. The van der Waals surface area contributed by atoms with Gasteiger partial charge < -0.3 is 19.5 Å². The molecule has 0 saturated heterocycles. The van der Waals surface area contributed by atoms with E-state index in [4.69, 9.17) is 14.2 Å². The smallest absolute Gasteiger partial charge is 0.231 e. The Morgan fingerprint density at radius 2 is 1.86 bits per heavy atom. The van der Waals surface area contributed by atoms with Crippen molar-refractivity contribution in [3.05, 3.63) is 53.6 Å². The molecule has 148 valence electrons. The second-order valence-electron chi connectivity index (χ2n) is 7.54. The van der Waals surface area contributed by atoms with Crippen LogP contribution >= 0.6 is 0 Å². The van der Waals surface area contributed by atoms with Crippen LogP contribution in [0.4, 0.5) is 0 Å². The summed E-state index contributed by atoms with van der Waals surface area (Å²) in [5.41, 5.74) is 1.92. The predicted molar refractivity (Wildman–Crippen MR) is 107 cm³/mol. The van der Waals surface area contributed by atoms with Gasteiger partial charge in [-0.25, -0.2) is 0 Å². The number of rotatable bonds is 6. The highest BCUT2D eigenvalue weighted by Gasteiger charge is 2.38. The highest BCUT2D eigenvalue weighted by molar-refractivity contribution is 5.77. The number of para-hydroxylation sites is 1. The number of ether oxygens (including phenoxy) is 3. The molecule has 2 aromatic carbocycles. The zero-order valence-electron chi connectivity index (χ0n) is 16.5. The standard InChI is InChI=1S/C23H27NO4/c1-3-23(4-2)14-18(17-7-5-6-8-19(17)28-23)24-22(25)12-10-16-9-11-20-21(13-16)27-15-26-20/h5-9,11,13,18H,3-4,10,12,14-15H2,1-2H3,(H,24,25). The van der Waals surface area contributed by atoms with Gasteiger partial charge >= 0.3 is 0 Å². The average molecular weight is 381 g/mol. The first-order valence-corrected chi connectivity index (χ1v) is 10.1. The van der Waals surface area contributed by atoms with Gasteiger partial charge in [-0.2, -0.15) is 0 Å². The van der Waals surface area contributed by atoms with E-state index in [1.165, 1.54) is 0 Å². The summed E-state index contributed by atoms with van der Waals surface area (Å²) >= 11 is 0. The number of fused-ring (bicyclic) bond motifs is 2. The van der Waals surface area contributed by atoms with Crippen LogP contribution in [-0.4, -0.2) is 18.3 Å². The van der Waals surface area contributed by atoms with Gasteiger partial charge in [0.2, 0.25) is 12.7 Å². The summed E-state index contributed by atoms with van der Waals surface area (Å²) in [7, 11) is 0. The summed E-state index contributed by atoms with van der Waals surface area (Å²) < 4.78 is 17.1. The van der Waals surface area contributed by atoms with Gasteiger partial charge in [0.25, 0.3) is 0 Å². The minimum absolute atomic E-state index is 0.0193. The van der Waals surface area contributed by atoms with Gasteiger partial charge in [-0.3, -0.25) is 4.79 Å². The van der Waals surface area contributed by atoms with E-state index in [1.807, 2.05) is 42.5 Å². The van der Waals surface area contributed by atoms with Gasteiger partial charge in [0.1, 0.15) is 11.4 Å². The first-order chi connectivity index (χ1) is 13.6. The molecule has 2 aromatic rings. The van der Waals surface area contributed by atoms with Gasteiger partial charge in [0, 0.05) is 18.4 Å². The molecular formula is C23H27NO4. The Morgan fingerprint density at radius 3 is 2.68 bits per heavy atom. The maximum atomic E-state index is 12.7. The summed E-state index contributed by atoms with van der Waals surface area (Å²) in [5, 5.41) is 3.25. The van der Waals surface area contributed by atoms with E-state index >= 15 is 0 Å². The van der Waals surface area contributed by atoms with Crippen LogP contribution in [0.2, 0.25) is 0 Å². The van der Waals surface area contributed by atoms with Crippen LogP contribution in [0, 0.1) is 0 Å². The van der Waals surface area contributed by atoms with E-state index in [0.29, 0.717) is 12.8 Å². The Bertz CT molecular complexity index is 859. The fraction of sp³-hybridized carbons (Fsp3) is 0.435. The van der Waals surface area contributed by atoms with Gasteiger partial charge in [0.05, 0.1) is 6.04 Å². The second kappa shape index (κ2) is 7.74. The van der Waals surface area contributed by atoms with E-state index in [-0.39, 0.29) is 24.3 Å². The fourth-order valence-electron chi connectivity index (χ4n) is 4.05. The first kappa shape index (κ1) is 18.7. The van der Waals surface area contributed by atoms with E-state index in [1.54, 1.807) is 0 Å². The van der Waals surface area contributed by atoms with E-state index in [2.05, 4.69) is 19.2 Å². The Kier molecular flexibility index (Phi) is 5.16. The molecule has 0 radical (unpaired) electrons. The van der Waals surface area contributed by atoms with Gasteiger partial charge in [-0.1, -0.05) is 38.1 Å². The van der Waals surface area contributed by atoms with Crippen molar-refractivity contribution in [1.82, 2.24) is 5.32 Å². The molecule has 0 aliphatic carbocycles. The van der Waals surface area contributed by atoms with Crippen LogP contribution in [0.3, 0.4) is 0 Å².